The molecule has 0 aliphatic heterocycles. The van der Waals surface area contributed by atoms with Crippen molar-refractivity contribution in [3.05, 3.63) is 33.7 Å². The fourth-order valence-corrected chi connectivity index (χ4v) is 2.29. The van der Waals surface area contributed by atoms with E-state index in [4.69, 9.17) is 4.74 Å². The van der Waals surface area contributed by atoms with E-state index in [1.807, 2.05) is 0 Å². The summed E-state index contributed by atoms with van der Waals surface area (Å²) in [7, 11) is 0. The van der Waals surface area contributed by atoms with Crippen molar-refractivity contribution in [1.29, 1.82) is 0 Å². The second kappa shape index (κ2) is 4.49. The van der Waals surface area contributed by atoms with Crippen LogP contribution >= 0.6 is 15.9 Å². The molecule has 2 rings (SSSR count). The van der Waals surface area contributed by atoms with Gasteiger partial charge in [0.1, 0.15) is 11.5 Å². The lowest BCUT2D eigenvalue weighted by atomic mass is 10.1. The van der Waals surface area contributed by atoms with E-state index in [-0.39, 0.29) is 5.82 Å². The zero-order chi connectivity index (χ0) is 12.6. The first kappa shape index (κ1) is 12.1. The van der Waals surface area contributed by atoms with Gasteiger partial charge in [-0.25, -0.2) is 9.18 Å². The van der Waals surface area contributed by atoms with Crippen LogP contribution in [0.25, 0.3) is 10.9 Å². The molecule has 2 aromatic rings. The zero-order valence-electron chi connectivity index (χ0n) is 9.43. The molecule has 0 atom stereocenters. The minimum absolute atomic E-state index is 0.309. The molecular formula is C12H11BrFNO2. The van der Waals surface area contributed by atoms with Crippen LogP contribution in [0.3, 0.4) is 0 Å². The Bertz CT molecular complexity index is 592. The summed E-state index contributed by atoms with van der Waals surface area (Å²) in [6, 6.07) is 2.75. The van der Waals surface area contributed by atoms with Gasteiger partial charge in [0.2, 0.25) is 0 Å². The van der Waals surface area contributed by atoms with Gasteiger partial charge in [-0.15, -0.1) is 0 Å². The van der Waals surface area contributed by atoms with Crippen molar-refractivity contribution in [2.45, 2.75) is 13.8 Å². The Balaban J connectivity index is 2.64. The maximum absolute atomic E-state index is 13.3. The highest BCUT2D eigenvalue weighted by molar-refractivity contribution is 9.10. The summed E-state index contributed by atoms with van der Waals surface area (Å²) in [5, 5.41) is 0.680. The second-order valence-corrected chi connectivity index (χ2v) is 4.51. The Hall–Kier alpha value is -1.36. The molecule has 0 aliphatic carbocycles. The first-order valence-electron chi connectivity index (χ1n) is 5.19. The molecule has 0 amide bonds. The average Bonchev–Trinajstić information content (AvgIpc) is 2.57. The summed E-state index contributed by atoms with van der Waals surface area (Å²) in [6.07, 6.45) is 0. The monoisotopic (exact) mass is 299 g/mol. The van der Waals surface area contributed by atoms with Crippen LogP contribution in [0.2, 0.25) is 0 Å². The number of aromatic nitrogens is 1. The number of carbonyl (C=O) groups is 1. The third-order valence-electron chi connectivity index (χ3n) is 2.56. The smallest absolute Gasteiger partial charge is 0.355 e. The van der Waals surface area contributed by atoms with Crippen LogP contribution in [0.1, 0.15) is 23.0 Å². The van der Waals surface area contributed by atoms with E-state index in [0.717, 1.165) is 0 Å². The van der Waals surface area contributed by atoms with E-state index in [9.17, 15) is 9.18 Å². The van der Waals surface area contributed by atoms with Gasteiger partial charge in [-0.1, -0.05) is 0 Å². The van der Waals surface area contributed by atoms with Crippen molar-refractivity contribution in [3.63, 3.8) is 0 Å². The molecular weight excluding hydrogens is 289 g/mol. The van der Waals surface area contributed by atoms with Crippen LogP contribution < -0.4 is 0 Å². The Labute approximate surface area is 106 Å². The number of benzene rings is 1. The van der Waals surface area contributed by atoms with Gasteiger partial charge in [0.25, 0.3) is 0 Å². The van der Waals surface area contributed by atoms with Gasteiger partial charge < -0.3 is 9.72 Å². The maximum atomic E-state index is 13.3. The Morgan fingerprint density at radius 2 is 2.24 bits per heavy atom. The Morgan fingerprint density at radius 1 is 1.53 bits per heavy atom. The lowest BCUT2D eigenvalue weighted by molar-refractivity contribution is 0.0520. The molecule has 0 unspecified atom stereocenters. The SMILES string of the molecule is CCOC(=O)c1[nH]c2c(Br)cc(F)cc2c1C. The molecule has 0 fully saturated rings. The maximum Gasteiger partial charge on any atom is 0.355 e. The van der Waals surface area contributed by atoms with Crippen LogP contribution in [0.5, 0.6) is 0 Å². The number of rotatable bonds is 2. The van der Waals surface area contributed by atoms with Crippen molar-refractivity contribution in [2.24, 2.45) is 0 Å². The molecule has 0 aliphatic rings. The zero-order valence-corrected chi connectivity index (χ0v) is 11.0. The standard InChI is InChI=1S/C12H11BrFNO2/c1-3-17-12(16)10-6(2)8-4-7(14)5-9(13)11(8)15-10/h4-5,15H,3H2,1-2H3. The summed E-state index contributed by atoms with van der Waals surface area (Å²) in [6.45, 7) is 3.81. The van der Waals surface area contributed by atoms with Gasteiger partial charge in [-0.2, -0.15) is 0 Å². The molecule has 3 nitrogen and oxygen atoms in total. The predicted molar refractivity (Wildman–Crippen MR) is 66.7 cm³/mol. The summed E-state index contributed by atoms with van der Waals surface area (Å²) >= 11 is 3.26. The highest BCUT2D eigenvalue weighted by atomic mass is 79.9. The number of hydrogen-bond donors (Lipinski definition) is 1. The van der Waals surface area contributed by atoms with Crippen molar-refractivity contribution in [3.8, 4) is 0 Å². The fourth-order valence-electron chi connectivity index (χ4n) is 1.76. The molecule has 0 radical (unpaired) electrons. The minimum atomic E-state index is -0.423. The topological polar surface area (TPSA) is 42.1 Å². The van der Waals surface area contributed by atoms with E-state index in [0.29, 0.717) is 33.2 Å². The third-order valence-corrected chi connectivity index (χ3v) is 3.19. The highest BCUT2D eigenvalue weighted by Crippen LogP contribution is 2.29. The van der Waals surface area contributed by atoms with Crippen molar-refractivity contribution in [1.82, 2.24) is 4.98 Å². The van der Waals surface area contributed by atoms with E-state index < -0.39 is 5.97 Å². The van der Waals surface area contributed by atoms with Crippen LogP contribution in [-0.4, -0.2) is 17.6 Å². The number of halogens is 2. The lowest BCUT2D eigenvalue weighted by Gasteiger charge is -1.99. The van der Waals surface area contributed by atoms with Crippen LogP contribution in [-0.2, 0) is 4.74 Å². The molecule has 1 N–H and O–H groups in total. The molecule has 1 aromatic heterocycles. The molecule has 0 spiro atoms. The number of hydrogen-bond acceptors (Lipinski definition) is 2. The minimum Gasteiger partial charge on any atom is -0.461 e. The van der Waals surface area contributed by atoms with Gasteiger partial charge in [0.15, 0.2) is 0 Å². The number of esters is 1. The number of aryl methyl sites for hydroxylation is 1. The molecule has 90 valence electrons. The number of ether oxygens (including phenoxy) is 1. The van der Waals surface area contributed by atoms with Crippen LogP contribution in [0.15, 0.2) is 16.6 Å². The predicted octanol–water partition coefficient (Wildman–Crippen LogP) is 3.55. The van der Waals surface area contributed by atoms with E-state index in [2.05, 4.69) is 20.9 Å². The Kier molecular flexibility index (Phi) is 3.19. The van der Waals surface area contributed by atoms with E-state index in [1.165, 1.54) is 12.1 Å². The fraction of sp³-hybridized carbons (Fsp3) is 0.250. The van der Waals surface area contributed by atoms with Crippen molar-refractivity contribution < 1.29 is 13.9 Å². The van der Waals surface area contributed by atoms with E-state index >= 15 is 0 Å². The number of fused-ring (bicyclic) bond motifs is 1. The summed E-state index contributed by atoms with van der Waals surface area (Å²) in [5.74, 6) is -0.768. The third kappa shape index (κ3) is 2.07. The summed E-state index contributed by atoms with van der Waals surface area (Å²) < 4.78 is 18.8. The number of nitrogens with one attached hydrogen (secondary N) is 1. The van der Waals surface area contributed by atoms with Gasteiger partial charge in [0.05, 0.1) is 12.1 Å². The largest absolute Gasteiger partial charge is 0.461 e. The summed E-state index contributed by atoms with van der Waals surface area (Å²) in [5.41, 5.74) is 1.76. The number of H-pyrrole nitrogens is 1. The summed E-state index contributed by atoms with van der Waals surface area (Å²) in [4.78, 5) is 14.6. The first-order chi connectivity index (χ1) is 8.04. The van der Waals surface area contributed by atoms with E-state index in [1.54, 1.807) is 13.8 Å². The molecule has 0 saturated heterocycles. The molecule has 1 aromatic carbocycles. The molecule has 5 heteroatoms. The van der Waals surface area contributed by atoms with Gasteiger partial charge >= 0.3 is 5.97 Å². The van der Waals surface area contributed by atoms with Crippen LogP contribution in [0, 0.1) is 12.7 Å². The molecule has 0 bridgehead atoms. The Morgan fingerprint density at radius 3 is 2.88 bits per heavy atom. The van der Waals surface area contributed by atoms with Gasteiger partial charge in [-0.05, 0) is 47.5 Å². The highest BCUT2D eigenvalue weighted by Gasteiger charge is 2.17. The quantitative estimate of drug-likeness (QED) is 0.862. The molecule has 0 saturated carbocycles. The normalized spacial score (nSPS) is 10.8. The number of aromatic amines is 1. The number of carbonyl (C=O) groups excluding carboxylic acids is 1. The van der Waals surface area contributed by atoms with Crippen LogP contribution in [0.4, 0.5) is 4.39 Å². The second-order valence-electron chi connectivity index (χ2n) is 3.66. The average molecular weight is 300 g/mol. The molecule has 1 heterocycles. The van der Waals surface area contributed by atoms with Gasteiger partial charge in [0, 0.05) is 9.86 Å². The van der Waals surface area contributed by atoms with Crippen molar-refractivity contribution >= 4 is 32.8 Å². The lowest BCUT2D eigenvalue weighted by Crippen LogP contribution is -2.06. The molecule has 17 heavy (non-hydrogen) atoms. The van der Waals surface area contributed by atoms with Crippen molar-refractivity contribution in [2.75, 3.05) is 6.61 Å². The first-order valence-corrected chi connectivity index (χ1v) is 5.98. The van der Waals surface area contributed by atoms with Gasteiger partial charge in [-0.3, -0.25) is 0 Å².